The highest BCUT2D eigenvalue weighted by molar-refractivity contribution is 6.48. The van der Waals surface area contributed by atoms with Crippen LogP contribution in [0.1, 0.15) is 32.4 Å². The average molecular weight is 324 g/mol. The van der Waals surface area contributed by atoms with Gasteiger partial charge in [0.15, 0.2) is 0 Å². The van der Waals surface area contributed by atoms with Crippen LogP contribution < -0.4 is 11.1 Å². The van der Waals surface area contributed by atoms with E-state index in [0.29, 0.717) is 15.1 Å². The van der Waals surface area contributed by atoms with Crippen molar-refractivity contribution in [1.82, 2.24) is 5.32 Å². The minimum Gasteiger partial charge on any atom is -0.368 e. The molecular weight excluding hydrogens is 307 g/mol. The third-order valence-corrected chi connectivity index (χ3v) is 4.24. The molecule has 0 fully saturated rings. The Balaban J connectivity index is 2.98. The van der Waals surface area contributed by atoms with Gasteiger partial charge in [-0.25, -0.2) is 0 Å². The van der Waals surface area contributed by atoms with Gasteiger partial charge < -0.3 is 5.73 Å². The molecule has 0 aliphatic heterocycles. The normalized spacial score (nSPS) is 14.5. The summed E-state index contributed by atoms with van der Waals surface area (Å²) < 4.78 is 0. The van der Waals surface area contributed by atoms with Crippen molar-refractivity contribution in [3.8, 4) is 0 Å². The Kier molecular flexibility index (Phi) is 5.93. The van der Waals surface area contributed by atoms with E-state index in [4.69, 9.17) is 40.5 Å². The zero-order valence-electron chi connectivity index (χ0n) is 11.0. The minimum absolute atomic E-state index is 0.0847. The van der Waals surface area contributed by atoms with E-state index in [2.05, 4.69) is 5.32 Å². The van der Waals surface area contributed by atoms with Gasteiger partial charge in [-0.15, -0.1) is 0 Å². The van der Waals surface area contributed by atoms with Crippen LogP contribution in [-0.4, -0.2) is 11.9 Å². The van der Waals surface area contributed by atoms with Gasteiger partial charge in [0.2, 0.25) is 5.91 Å². The fourth-order valence-electron chi connectivity index (χ4n) is 1.84. The quantitative estimate of drug-likeness (QED) is 0.810. The number of halogens is 3. The fraction of sp³-hybridized carbons (Fsp3) is 0.462. The summed E-state index contributed by atoms with van der Waals surface area (Å²) in [7, 11) is 0. The number of hydrogen-bond acceptors (Lipinski definition) is 2. The SMILES string of the molecule is CC(NC(C(N)=O)C(C)C)c1ccc(Cl)c(Cl)c1Cl. The van der Waals surface area contributed by atoms with Crippen molar-refractivity contribution in [2.24, 2.45) is 11.7 Å². The lowest BCUT2D eigenvalue weighted by atomic mass is 10.0. The molecule has 106 valence electrons. The van der Waals surface area contributed by atoms with E-state index in [1.807, 2.05) is 20.8 Å². The molecule has 1 rings (SSSR count). The number of nitrogens with two attached hydrogens (primary N) is 1. The Hall–Kier alpha value is -0.480. The summed E-state index contributed by atoms with van der Waals surface area (Å²) in [5.74, 6) is -0.306. The van der Waals surface area contributed by atoms with Crippen LogP contribution in [-0.2, 0) is 4.79 Å². The highest BCUT2D eigenvalue weighted by atomic mass is 35.5. The molecule has 3 nitrogen and oxygen atoms in total. The van der Waals surface area contributed by atoms with Crippen LogP contribution in [0.15, 0.2) is 12.1 Å². The number of hydrogen-bond donors (Lipinski definition) is 2. The lowest BCUT2D eigenvalue weighted by Gasteiger charge is -2.25. The molecule has 0 saturated heterocycles. The molecule has 19 heavy (non-hydrogen) atoms. The first kappa shape index (κ1) is 16.6. The average Bonchev–Trinajstić information content (AvgIpc) is 2.32. The second-order valence-corrected chi connectivity index (χ2v) is 5.94. The van der Waals surface area contributed by atoms with Crippen LogP contribution in [0.2, 0.25) is 15.1 Å². The zero-order valence-corrected chi connectivity index (χ0v) is 13.3. The van der Waals surface area contributed by atoms with Gasteiger partial charge in [-0.1, -0.05) is 54.7 Å². The first-order valence-electron chi connectivity index (χ1n) is 5.94. The summed E-state index contributed by atoms with van der Waals surface area (Å²) in [6.45, 7) is 5.74. The third-order valence-electron chi connectivity index (χ3n) is 2.93. The van der Waals surface area contributed by atoms with Crippen molar-refractivity contribution >= 4 is 40.7 Å². The molecule has 0 aliphatic carbocycles. The van der Waals surface area contributed by atoms with E-state index in [1.54, 1.807) is 12.1 Å². The highest BCUT2D eigenvalue weighted by Crippen LogP contribution is 2.35. The molecule has 2 atom stereocenters. The molecular formula is C13H17Cl3N2O. The van der Waals surface area contributed by atoms with E-state index in [0.717, 1.165) is 5.56 Å². The molecule has 1 amide bonds. The first-order valence-corrected chi connectivity index (χ1v) is 7.07. The van der Waals surface area contributed by atoms with Gasteiger partial charge in [0.05, 0.1) is 21.1 Å². The van der Waals surface area contributed by atoms with E-state index in [9.17, 15) is 4.79 Å². The number of benzene rings is 1. The van der Waals surface area contributed by atoms with E-state index in [1.165, 1.54) is 0 Å². The summed E-state index contributed by atoms with van der Waals surface area (Å²) >= 11 is 18.1. The predicted octanol–water partition coefficient (Wildman–Crippen LogP) is 3.81. The standard InChI is InChI=1S/C13H17Cl3N2O/c1-6(2)12(13(17)19)18-7(3)8-4-5-9(14)11(16)10(8)15/h4-7,12,18H,1-3H3,(H2,17,19). The lowest BCUT2D eigenvalue weighted by molar-refractivity contribution is -0.121. The van der Waals surface area contributed by atoms with E-state index < -0.39 is 11.9 Å². The molecule has 1 aromatic carbocycles. The van der Waals surface area contributed by atoms with Gasteiger partial charge in [-0.2, -0.15) is 0 Å². The van der Waals surface area contributed by atoms with Crippen LogP contribution >= 0.6 is 34.8 Å². The maximum atomic E-state index is 11.4. The molecule has 0 aromatic heterocycles. The van der Waals surface area contributed by atoms with Crippen molar-refractivity contribution in [1.29, 1.82) is 0 Å². The molecule has 0 aliphatic rings. The van der Waals surface area contributed by atoms with Crippen molar-refractivity contribution in [3.05, 3.63) is 32.8 Å². The topological polar surface area (TPSA) is 55.1 Å². The van der Waals surface area contributed by atoms with Crippen LogP contribution in [0.3, 0.4) is 0 Å². The summed E-state index contributed by atoms with van der Waals surface area (Å²) in [6, 6.07) is 2.87. The van der Waals surface area contributed by atoms with Gasteiger partial charge in [-0.05, 0) is 24.5 Å². The summed E-state index contributed by atoms with van der Waals surface area (Å²) in [6.07, 6.45) is 0. The van der Waals surface area contributed by atoms with Gasteiger partial charge >= 0.3 is 0 Å². The van der Waals surface area contributed by atoms with Crippen molar-refractivity contribution < 1.29 is 4.79 Å². The van der Waals surface area contributed by atoms with Crippen LogP contribution in [0.4, 0.5) is 0 Å². The third kappa shape index (κ3) is 3.99. The Bertz CT molecular complexity index is 477. The molecule has 0 bridgehead atoms. The van der Waals surface area contributed by atoms with Crippen LogP contribution in [0.25, 0.3) is 0 Å². The number of carbonyl (C=O) groups is 1. The first-order chi connectivity index (χ1) is 8.75. The Morgan fingerprint density at radius 3 is 2.21 bits per heavy atom. The molecule has 0 saturated carbocycles. The fourth-order valence-corrected chi connectivity index (χ4v) is 2.54. The molecule has 0 spiro atoms. The molecule has 6 heteroatoms. The van der Waals surface area contributed by atoms with Gasteiger partial charge in [0, 0.05) is 6.04 Å². The summed E-state index contributed by atoms with van der Waals surface area (Å²) in [4.78, 5) is 11.4. The zero-order chi connectivity index (χ0) is 14.7. The highest BCUT2D eigenvalue weighted by Gasteiger charge is 2.23. The number of carbonyl (C=O) groups excluding carboxylic acids is 1. The Morgan fingerprint density at radius 1 is 1.16 bits per heavy atom. The minimum atomic E-state index is -0.430. The van der Waals surface area contributed by atoms with Gasteiger partial charge in [0.25, 0.3) is 0 Å². The van der Waals surface area contributed by atoms with Crippen molar-refractivity contribution in [2.45, 2.75) is 32.9 Å². The van der Waals surface area contributed by atoms with Crippen molar-refractivity contribution in [2.75, 3.05) is 0 Å². The Labute approximate surface area is 128 Å². The number of amides is 1. The second-order valence-electron chi connectivity index (χ2n) is 4.78. The van der Waals surface area contributed by atoms with E-state index >= 15 is 0 Å². The molecule has 0 radical (unpaired) electrons. The second kappa shape index (κ2) is 6.80. The van der Waals surface area contributed by atoms with Gasteiger partial charge in [-0.3, -0.25) is 10.1 Å². The van der Waals surface area contributed by atoms with Gasteiger partial charge in [0.1, 0.15) is 0 Å². The molecule has 3 N–H and O–H groups in total. The number of nitrogens with one attached hydrogen (secondary N) is 1. The summed E-state index contributed by atoms with van der Waals surface area (Å²) in [5.41, 5.74) is 6.16. The van der Waals surface area contributed by atoms with Crippen LogP contribution in [0, 0.1) is 5.92 Å². The number of rotatable bonds is 5. The molecule has 1 aromatic rings. The lowest BCUT2D eigenvalue weighted by Crippen LogP contribution is -2.45. The van der Waals surface area contributed by atoms with Crippen LogP contribution in [0.5, 0.6) is 0 Å². The predicted molar refractivity (Wildman–Crippen MR) is 80.8 cm³/mol. The number of primary amides is 1. The molecule has 2 unspecified atom stereocenters. The van der Waals surface area contributed by atoms with E-state index in [-0.39, 0.29) is 12.0 Å². The smallest absolute Gasteiger partial charge is 0.234 e. The summed E-state index contributed by atoms with van der Waals surface area (Å²) in [5, 5.41) is 4.26. The van der Waals surface area contributed by atoms with Crippen molar-refractivity contribution in [3.63, 3.8) is 0 Å². The monoisotopic (exact) mass is 322 g/mol. The molecule has 0 heterocycles. The maximum Gasteiger partial charge on any atom is 0.234 e. The Morgan fingerprint density at radius 2 is 1.74 bits per heavy atom. The maximum absolute atomic E-state index is 11.4. The largest absolute Gasteiger partial charge is 0.368 e.